The zero-order valence-corrected chi connectivity index (χ0v) is 22.4. The Bertz CT molecular complexity index is 1820. The third-order valence-corrected chi connectivity index (χ3v) is 7.52. The average molecular weight is 573 g/mol. The molecule has 0 saturated heterocycles. The van der Waals surface area contributed by atoms with E-state index < -0.39 is 17.4 Å². The van der Waals surface area contributed by atoms with E-state index in [0.29, 0.717) is 23.6 Å². The molecule has 1 aliphatic heterocycles. The molecular formula is C29H22F2N6O3S. The Kier molecular flexibility index (Phi) is 7.06. The summed E-state index contributed by atoms with van der Waals surface area (Å²) in [5.74, 6) is -0.462. The molecule has 2 aromatic heterocycles. The number of aromatic amines is 1. The van der Waals surface area contributed by atoms with Crippen LogP contribution in [0.2, 0.25) is 0 Å². The van der Waals surface area contributed by atoms with Gasteiger partial charge in [0.1, 0.15) is 22.8 Å². The summed E-state index contributed by atoms with van der Waals surface area (Å²) in [6, 6.07) is 18.6. The van der Waals surface area contributed by atoms with Crippen molar-refractivity contribution in [2.45, 2.75) is 17.6 Å². The van der Waals surface area contributed by atoms with Crippen LogP contribution in [0.3, 0.4) is 0 Å². The van der Waals surface area contributed by atoms with Gasteiger partial charge < -0.3 is 9.72 Å². The minimum Gasteiger partial charge on any atom is -0.497 e. The van der Waals surface area contributed by atoms with Crippen LogP contribution in [0, 0.1) is 11.6 Å². The number of hydrogen-bond acceptors (Lipinski definition) is 7. The predicted octanol–water partition coefficient (Wildman–Crippen LogP) is 4.87. The number of nitrogens with one attached hydrogen (secondary N) is 1. The summed E-state index contributed by atoms with van der Waals surface area (Å²) in [6.45, 7) is 0. The molecule has 12 heteroatoms. The lowest BCUT2D eigenvalue weighted by molar-refractivity contribution is -0.130. The minimum absolute atomic E-state index is 0.0732. The number of methoxy groups -OCH3 is 1. The van der Waals surface area contributed by atoms with Crippen LogP contribution in [0.4, 0.5) is 8.78 Å². The van der Waals surface area contributed by atoms with Crippen LogP contribution >= 0.6 is 11.8 Å². The Hall–Kier alpha value is -4.84. The standard InChI is InChI=1S/C29H22F2N6O3S/c1-40-22-12-4-17(5-13-22)24-14-25(18-2-6-19(30)7-3-18)37(35-24)26(38)16-41-29-33-27-23(28(39)34-29)15-32-36(27)21-10-8-20(31)9-11-21/h2-13,15,25H,14,16H2,1H3,(H,33,34,39). The SMILES string of the molecule is COc1ccc(C2=NN(C(=O)CSc3nc4c(cnn4-c4ccc(F)cc4)c(=O)[nH]3)C(c3ccc(F)cc3)C2)cc1. The fourth-order valence-corrected chi connectivity index (χ4v) is 5.29. The van der Waals surface area contributed by atoms with Crippen molar-refractivity contribution in [1.82, 2.24) is 24.8 Å². The van der Waals surface area contributed by atoms with Crippen molar-refractivity contribution in [3.63, 3.8) is 0 Å². The molecule has 0 spiro atoms. The molecule has 0 bridgehead atoms. The van der Waals surface area contributed by atoms with Crippen LogP contribution in [-0.2, 0) is 4.79 Å². The first-order chi connectivity index (χ1) is 19.9. The lowest BCUT2D eigenvalue weighted by Gasteiger charge is -2.22. The normalized spacial score (nSPS) is 14.9. The highest BCUT2D eigenvalue weighted by Gasteiger charge is 2.33. The Morgan fingerprint density at radius 1 is 1.02 bits per heavy atom. The number of hydrazone groups is 1. The van der Waals surface area contributed by atoms with Crippen molar-refractivity contribution in [2.75, 3.05) is 12.9 Å². The molecule has 6 rings (SSSR count). The number of H-pyrrole nitrogens is 1. The third kappa shape index (κ3) is 5.33. The molecule has 0 fully saturated rings. The molecule has 1 aliphatic rings. The van der Waals surface area contributed by atoms with Gasteiger partial charge in [0, 0.05) is 6.42 Å². The summed E-state index contributed by atoms with van der Waals surface area (Å²) in [5, 5.41) is 10.7. The Morgan fingerprint density at radius 3 is 2.39 bits per heavy atom. The number of carbonyl (C=O) groups excluding carboxylic acids is 1. The summed E-state index contributed by atoms with van der Waals surface area (Å²) in [4.78, 5) is 33.4. The van der Waals surface area contributed by atoms with E-state index in [1.54, 1.807) is 19.2 Å². The van der Waals surface area contributed by atoms with Crippen molar-refractivity contribution in [3.8, 4) is 11.4 Å². The Balaban J connectivity index is 1.27. The van der Waals surface area contributed by atoms with Gasteiger partial charge >= 0.3 is 0 Å². The van der Waals surface area contributed by atoms with Crippen LogP contribution in [0.1, 0.15) is 23.6 Å². The maximum Gasteiger partial charge on any atom is 0.262 e. The molecule has 0 saturated carbocycles. The highest BCUT2D eigenvalue weighted by atomic mass is 32.2. The first-order valence-corrected chi connectivity index (χ1v) is 13.5. The van der Waals surface area contributed by atoms with E-state index in [2.05, 4.69) is 20.2 Å². The van der Waals surface area contributed by atoms with Crippen LogP contribution in [0.15, 0.2) is 94.0 Å². The predicted molar refractivity (Wildman–Crippen MR) is 150 cm³/mol. The van der Waals surface area contributed by atoms with Gasteiger partial charge in [-0.05, 0) is 71.8 Å². The first kappa shape index (κ1) is 26.4. The minimum atomic E-state index is -0.435. The Morgan fingerprint density at radius 2 is 1.71 bits per heavy atom. The van der Waals surface area contributed by atoms with Gasteiger partial charge in [0.2, 0.25) is 0 Å². The molecular weight excluding hydrogens is 550 g/mol. The largest absolute Gasteiger partial charge is 0.497 e. The molecule has 0 radical (unpaired) electrons. The Labute approximate surface area is 236 Å². The summed E-state index contributed by atoms with van der Waals surface area (Å²) in [5.41, 5.74) is 2.69. The van der Waals surface area contributed by atoms with Gasteiger partial charge in [0.25, 0.3) is 11.5 Å². The van der Waals surface area contributed by atoms with Crippen LogP contribution in [0.5, 0.6) is 5.75 Å². The highest BCUT2D eigenvalue weighted by molar-refractivity contribution is 7.99. The van der Waals surface area contributed by atoms with Crippen LogP contribution in [-0.4, -0.2) is 49.2 Å². The van der Waals surface area contributed by atoms with Crippen molar-refractivity contribution >= 4 is 34.4 Å². The smallest absolute Gasteiger partial charge is 0.262 e. The molecule has 1 N–H and O–H groups in total. The zero-order chi connectivity index (χ0) is 28.5. The number of nitrogens with zero attached hydrogens (tertiary/aromatic N) is 5. The number of benzene rings is 3. The van der Waals surface area contributed by atoms with Gasteiger partial charge in [-0.3, -0.25) is 9.59 Å². The van der Waals surface area contributed by atoms with Crippen molar-refractivity contribution < 1.29 is 18.3 Å². The number of aromatic nitrogens is 4. The monoisotopic (exact) mass is 572 g/mol. The first-order valence-electron chi connectivity index (χ1n) is 12.6. The number of amides is 1. The highest BCUT2D eigenvalue weighted by Crippen LogP contribution is 2.34. The summed E-state index contributed by atoms with van der Waals surface area (Å²) in [7, 11) is 1.58. The van der Waals surface area contributed by atoms with Crippen molar-refractivity contribution in [2.24, 2.45) is 5.10 Å². The quantitative estimate of drug-likeness (QED) is 0.221. The number of rotatable bonds is 7. The lowest BCUT2D eigenvalue weighted by Crippen LogP contribution is -2.28. The number of ether oxygens (including phenoxy) is 1. The van der Waals surface area contributed by atoms with Gasteiger partial charge in [-0.15, -0.1) is 0 Å². The average Bonchev–Trinajstić information content (AvgIpc) is 3.63. The van der Waals surface area contributed by atoms with E-state index in [0.717, 1.165) is 22.9 Å². The van der Waals surface area contributed by atoms with Gasteiger partial charge in [-0.1, -0.05) is 23.9 Å². The van der Waals surface area contributed by atoms with E-state index >= 15 is 0 Å². The molecule has 1 atom stereocenters. The summed E-state index contributed by atoms with van der Waals surface area (Å²) < 4.78 is 33.7. The molecule has 0 aliphatic carbocycles. The summed E-state index contributed by atoms with van der Waals surface area (Å²) in [6.07, 6.45) is 1.82. The molecule has 206 valence electrons. The molecule has 3 heterocycles. The van der Waals surface area contributed by atoms with E-state index in [1.165, 1.54) is 52.3 Å². The molecule has 5 aromatic rings. The van der Waals surface area contributed by atoms with Crippen LogP contribution < -0.4 is 10.3 Å². The van der Waals surface area contributed by atoms with Crippen molar-refractivity contribution in [3.05, 3.63) is 112 Å². The second-order valence-electron chi connectivity index (χ2n) is 9.21. The van der Waals surface area contributed by atoms with Gasteiger partial charge in [0.15, 0.2) is 10.8 Å². The number of hydrogen-bond donors (Lipinski definition) is 1. The van der Waals surface area contributed by atoms with E-state index in [-0.39, 0.29) is 33.7 Å². The van der Waals surface area contributed by atoms with E-state index in [1.807, 2.05) is 24.3 Å². The maximum atomic E-state index is 13.6. The molecule has 9 nitrogen and oxygen atoms in total. The number of thioether (sulfide) groups is 1. The van der Waals surface area contributed by atoms with Gasteiger partial charge in [-0.25, -0.2) is 23.5 Å². The second-order valence-corrected chi connectivity index (χ2v) is 10.2. The van der Waals surface area contributed by atoms with Gasteiger partial charge in [0.05, 0.1) is 36.5 Å². The fraction of sp³-hybridized carbons (Fsp3) is 0.138. The topological polar surface area (TPSA) is 105 Å². The zero-order valence-electron chi connectivity index (χ0n) is 21.6. The second kappa shape index (κ2) is 11.0. The van der Waals surface area contributed by atoms with Gasteiger partial charge in [-0.2, -0.15) is 10.2 Å². The maximum absolute atomic E-state index is 13.6. The number of fused-ring (bicyclic) bond motifs is 1. The molecule has 1 unspecified atom stereocenters. The fourth-order valence-electron chi connectivity index (χ4n) is 4.58. The third-order valence-electron chi connectivity index (χ3n) is 6.66. The molecule has 3 aromatic carbocycles. The number of carbonyl (C=O) groups is 1. The summed E-state index contributed by atoms with van der Waals surface area (Å²) >= 11 is 1.05. The van der Waals surface area contributed by atoms with Crippen LogP contribution in [0.25, 0.3) is 16.7 Å². The van der Waals surface area contributed by atoms with E-state index in [4.69, 9.17) is 4.74 Å². The number of halogens is 2. The molecule has 41 heavy (non-hydrogen) atoms. The van der Waals surface area contributed by atoms with Crippen molar-refractivity contribution in [1.29, 1.82) is 0 Å². The molecule has 1 amide bonds. The lowest BCUT2D eigenvalue weighted by atomic mass is 9.98. The van der Waals surface area contributed by atoms with E-state index in [9.17, 15) is 18.4 Å².